The van der Waals surface area contributed by atoms with Crippen molar-refractivity contribution < 1.29 is 24.1 Å². The van der Waals surface area contributed by atoms with Crippen LogP contribution >= 0.6 is 0 Å². The Hall–Kier alpha value is -3.28. The molecule has 0 aliphatic heterocycles. The number of ether oxygens (including phenoxy) is 3. The quantitative estimate of drug-likeness (QED) is 0.719. The van der Waals surface area contributed by atoms with Gasteiger partial charge in [-0.1, -0.05) is 6.07 Å². The number of aromatic hydroxyl groups is 1. The molecule has 0 atom stereocenters. The highest BCUT2D eigenvalue weighted by Crippen LogP contribution is 2.37. The van der Waals surface area contributed by atoms with Crippen LogP contribution in [0.15, 0.2) is 42.6 Å². The summed E-state index contributed by atoms with van der Waals surface area (Å²) in [5, 5.41) is 11.5. The van der Waals surface area contributed by atoms with E-state index in [1.54, 1.807) is 36.4 Å². The molecule has 0 bridgehead atoms. The van der Waals surface area contributed by atoms with E-state index in [2.05, 4.69) is 4.98 Å². The molecule has 3 rings (SSSR count). The van der Waals surface area contributed by atoms with Crippen molar-refractivity contribution in [1.82, 2.24) is 4.98 Å². The number of ketones is 1. The average molecular weight is 339 g/mol. The van der Waals surface area contributed by atoms with Crippen LogP contribution in [0.4, 0.5) is 0 Å². The van der Waals surface area contributed by atoms with E-state index in [0.717, 1.165) is 0 Å². The normalized spacial score (nSPS) is 10.5. The molecular weight excluding hydrogens is 322 g/mol. The van der Waals surface area contributed by atoms with Crippen molar-refractivity contribution in [2.75, 3.05) is 21.3 Å². The van der Waals surface area contributed by atoms with E-state index in [0.29, 0.717) is 27.8 Å². The number of hydrogen-bond donors (Lipinski definition) is 1. The van der Waals surface area contributed by atoms with Crippen LogP contribution in [0.1, 0.15) is 16.1 Å². The number of nitrogens with zero attached hydrogens (tertiary/aromatic N) is 1. The summed E-state index contributed by atoms with van der Waals surface area (Å²) < 4.78 is 15.6. The first-order valence-corrected chi connectivity index (χ1v) is 7.52. The van der Waals surface area contributed by atoms with E-state index in [-0.39, 0.29) is 23.0 Å². The van der Waals surface area contributed by atoms with Crippen molar-refractivity contribution in [3.63, 3.8) is 0 Å². The standard InChI is InChI=1S/C19H17NO5/c1-23-13-6-5-12(10-15(13)25-3)18(21)17-16-11(8-9-20-17)4-7-14(24-2)19(16)22/h4-10,22H,1-3H3. The van der Waals surface area contributed by atoms with Crippen LogP contribution in [0, 0.1) is 0 Å². The molecule has 0 radical (unpaired) electrons. The maximum absolute atomic E-state index is 13.0. The van der Waals surface area contributed by atoms with Gasteiger partial charge in [-0.15, -0.1) is 0 Å². The highest BCUT2D eigenvalue weighted by Gasteiger charge is 2.20. The van der Waals surface area contributed by atoms with Gasteiger partial charge in [0.1, 0.15) is 5.69 Å². The number of methoxy groups -OCH3 is 3. The number of hydrogen-bond acceptors (Lipinski definition) is 6. The van der Waals surface area contributed by atoms with Crippen LogP contribution in [0.2, 0.25) is 0 Å². The second kappa shape index (κ2) is 6.68. The average Bonchev–Trinajstić information content (AvgIpc) is 2.66. The van der Waals surface area contributed by atoms with Crippen LogP contribution in [0.5, 0.6) is 23.0 Å². The molecule has 1 aromatic heterocycles. The lowest BCUT2D eigenvalue weighted by molar-refractivity contribution is 0.103. The van der Waals surface area contributed by atoms with Crippen molar-refractivity contribution in [2.45, 2.75) is 0 Å². The molecule has 128 valence electrons. The topological polar surface area (TPSA) is 77.9 Å². The number of pyridine rings is 1. The summed E-state index contributed by atoms with van der Waals surface area (Å²) in [4.78, 5) is 17.1. The van der Waals surface area contributed by atoms with Gasteiger partial charge in [0.05, 0.1) is 26.7 Å². The lowest BCUT2D eigenvalue weighted by atomic mass is 10.0. The maximum Gasteiger partial charge on any atom is 0.212 e. The fraction of sp³-hybridized carbons (Fsp3) is 0.158. The van der Waals surface area contributed by atoms with E-state index in [9.17, 15) is 9.90 Å². The van der Waals surface area contributed by atoms with Crippen molar-refractivity contribution >= 4 is 16.6 Å². The monoisotopic (exact) mass is 339 g/mol. The molecule has 0 aliphatic rings. The van der Waals surface area contributed by atoms with Gasteiger partial charge in [-0.2, -0.15) is 0 Å². The highest BCUT2D eigenvalue weighted by molar-refractivity contribution is 6.16. The third kappa shape index (κ3) is 2.82. The van der Waals surface area contributed by atoms with Crippen LogP contribution in [-0.2, 0) is 0 Å². The predicted molar refractivity (Wildman–Crippen MR) is 92.9 cm³/mol. The van der Waals surface area contributed by atoms with Crippen molar-refractivity contribution in [1.29, 1.82) is 0 Å². The lowest BCUT2D eigenvalue weighted by Gasteiger charge is -2.11. The van der Waals surface area contributed by atoms with Crippen LogP contribution in [0.3, 0.4) is 0 Å². The first-order chi connectivity index (χ1) is 12.1. The molecule has 6 heteroatoms. The second-order valence-corrected chi connectivity index (χ2v) is 5.27. The summed E-state index contributed by atoms with van der Waals surface area (Å²) in [5.41, 5.74) is 0.515. The number of phenolic OH excluding ortho intramolecular Hbond substituents is 1. The minimum absolute atomic E-state index is 0.114. The third-order valence-electron chi connectivity index (χ3n) is 3.95. The summed E-state index contributed by atoms with van der Waals surface area (Å²) in [6, 6.07) is 9.99. The molecule has 3 aromatic rings. The van der Waals surface area contributed by atoms with Crippen LogP contribution in [0.25, 0.3) is 10.8 Å². The largest absolute Gasteiger partial charge is 0.504 e. The molecule has 0 fully saturated rings. The molecule has 25 heavy (non-hydrogen) atoms. The molecule has 0 amide bonds. The fourth-order valence-corrected chi connectivity index (χ4v) is 2.68. The third-order valence-corrected chi connectivity index (χ3v) is 3.95. The van der Waals surface area contributed by atoms with Gasteiger partial charge in [0.2, 0.25) is 5.78 Å². The number of phenols is 1. The zero-order chi connectivity index (χ0) is 18.0. The SMILES string of the molecule is COc1ccc(C(=O)c2nccc3ccc(OC)c(O)c23)cc1OC. The van der Waals surface area contributed by atoms with E-state index in [4.69, 9.17) is 14.2 Å². The number of fused-ring (bicyclic) bond motifs is 1. The van der Waals surface area contributed by atoms with Crippen molar-refractivity contribution in [2.24, 2.45) is 0 Å². The highest BCUT2D eigenvalue weighted by atomic mass is 16.5. The molecule has 1 heterocycles. The van der Waals surface area contributed by atoms with Gasteiger partial charge in [0.15, 0.2) is 23.0 Å². The van der Waals surface area contributed by atoms with Gasteiger partial charge >= 0.3 is 0 Å². The van der Waals surface area contributed by atoms with Crippen molar-refractivity contribution in [3.8, 4) is 23.0 Å². The zero-order valence-corrected chi connectivity index (χ0v) is 14.1. The van der Waals surface area contributed by atoms with E-state index in [1.807, 2.05) is 0 Å². The first-order valence-electron chi connectivity index (χ1n) is 7.52. The van der Waals surface area contributed by atoms with E-state index < -0.39 is 0 Å². The number of carbonyl (C=O) groups excluding carboxylic acids is 1. The Balaban J connectivity index is 2.18. The van der Waals surface area contributed by atoms with Gasteiger partial charge in [0, 0.05) is 11.8 Å². The summed E-state index contributed by atoms with van der Waals surface area (Å²) in [5.74, 6) is 0.790. The predicted octanol–water partition coefficient (Wildman–Crippen LogP) is 3.20. The summed E-state index contributed by atoms with van der Waals surface area (Å²) >= 11 is 0. The van der Waals surface area contributed by atoms with Gasteiger partial charge in [-0.05, 0) is 35.7 Å². The summed E-state index contributed by atoms with van der Waals surface area (Å²) in [7, 11) is 4.47. The number of rotatable bonds is 5. The molecule has 0 saturated carbocycles. The second-order valence-electron chi connectivity index (χ2n) is 5.27. The molecule has 1 N–H and O–H groups in total. The molecule has 2 aromatic carbocycles. The molecule has 0 aliphatic carbocycles. The van der Waals surface area contributed by atoms with Gasteiger partial charge in [-0.25, -0.2) is 0 Å². The Bertz CT molecular complexity index is 952. The molecule has 0 spiro atoms. The molecule has 0 saturated heterocycles. The van der Waals surface area contributed by atoms with E-state index in [1.165, 1.54) is 27.5 Å². The Morgan fingerprint density at radius 2 is 1.60 bits per heavy atom. The Morgan fingerprint density at radius 3 is 2.28 bits per heavy atom. The maximum atomic E-state index is 13.0. The Kier molecular flexibility index (Phi) is 4.43. The lowest BCUT2D eigenvalue weighted by Crippen LogP contribution is -2.06. The minimum atomic E-state index is -0.338. The van der Waals surface area contributed by atoms with Crippen LogP contribution < -0.4 is 14.2 Å². The zero-order valence-electron chi connectivity index (χ0n) is 14.1. The first kappa shape index (κ1) is 16.6. The molecule has 0 unspecified atom stereocenters. The van der Waals surface area contributed by atoms with Crippen molar-refractivity contribution in [3.05, 3.63) is 53.9 Å². The minimum Gasteiger partial charge on any atom is -0.504 e. The van der Waals surface area contributed by atoms with Gasteiger partial charge in [-0.3, -0.25) is 9.78 Å². The fourth-order valence-electron chi connectivity index (χ4n) is 2.68. The Labute approximate surface area is 144 Å². The number of benzene rings is 2. The number of carbonyl (C=O) groups is 1. The Morgan fingerprint density at radius 1 is 0.920 bits per heavy atom. The summed E-state index contributed by atoms with van der Waals surface area (Å²) in [6.45, 7) is 0. The smallest absolute Gasteiger partial charge is 0.212 e. The van der Waals surface area contributed by atoms with Gasteiger partial charge in [0.25, 0.3) is 0 Å². The number of aromatic nitrogens is 1. The molecule has 6 nitrogen and oxygen atoms in total. The summed E-state index contributed by atoms with van der Waals surface area (Å²) in [6.07, 6.45) is 1.53. The van der Waals surface area contributed by atoms with Crippen LogP contribution in [-0.4, -0.2) is 37.2 Å². The van der Waals surface area contributed by atoms with E-state index >= 15 is 0 Å². The van der Waals surface area contributed by atoms with Gasteiger partial charge < -0.3 is 19.3 Å². The molecular formula is C19H17NO5.